The van der Waals surface area contributed by atoms with Crippen LogP contribution in [0.5, 0.6) is 0 Å². The van der Waals surface area contributed by atoms with E-state index < -0.39 is 0 Å². The van der Waals surface area contributed by atoms with Crippen molar-refractivity contribution < 1.29 is 0 Å². The van der Waals surface area contributed by atoms with Crippen LogP contribution in [0, 0.1) is 0 Å². The summed E-state index contributed by atoms with van der Waals surface area (Å²) in [4.78, 5) is 11.4. The molecule has 0 spiro atoms. The standard InChI is InChI=1S/C22H25N7/c1-2-28-14-17(12-24-28)13-27-11-3-4-20(15-27)22-25-21-6-5-19(16-29(21)26-22)18-7-9-23-10-8-18/h5-10,12,14,16,20H,2-4,11,13,15H2,1H3/t20-/m1/s1. The van der Waals surface area contributed by atoms with Crippen LogP contribution in [-0.2, 0) is 13.1 Å². The van der Waals surface area contributed by atoms with Crippen molar-refractivity contribution in [2.45, 2.75) is 38.8 Å². The summed E-state index contributed by atoms with van der Waals surface area (Å²) in [7, 11) is 0. The summed E-state index contributed by atoms with van der Waals surface area (Å²) in [6.07, 6.45) is 12.1. The molecule has 4 aromatic rings. The Morgan fingerprint density at radius 3 is 2.79 bits per heavy atom. The van der Waals surface area contributed by atoms with Crippen molar-refractivity contribution in [1.82, 2.24) is 34.3 Å². The van der Waals surface area contributed by atoms with Crippen LogP contribution in [-0.4, -0.2) is 47.4 Å². The van der Waals surface area contributed by atoms with Crippen LogP contribution in [0.1, 0.15) is 37.1 Å². The van der Waals surface area contributed by atoms with E-state index >= 15 is 0 Å². The van der Waals surface area contributed by atoms with Gasteiger partial charge >= 0.3 is 0 Å². The molecular weight excluding hydrogens is 362 g/mol. The van der Waals surface area contributed by atoms with Crippen LogP contribution in [0.3, 0.4) is 0 Å². The van der Waals surface area contributed by atoms with E-state index in [1.54, 1.807) is 0 Å². The number of aryl methyl sites for hydroxylation is 1. The number of hydrogen-bond donors (Lipinski definition) is 0. The largest absolute Gasteiger partial charge is 0.298 e. The second kappa shape index (κ2) is 7.75. The van der Waals surface area contributed by atoms with E-state index in [0.29, 0.717) is 5.92 Å². The van der Waals surface area contributed by atoms with Gasteiger partial charge in [-0.15, -0.1) is 0 Å². The molecule has 1 atom stereocenters. The minimum Gasteiger partial charge on any atom is -0.298 e. The van der Waals surface area contributed by atoms with Crippen molar-refractivity contribution >= 4 is 5.65 Å². The molecule has 5 heterocycles. The first-order valence-corrected chi connectivity index (χ1v) is 10.3. The van der Waals surface area contributed by atoms with Gasteiger partial charge in [-0.1, -0.05) is 0 Å². The van der Waals surface area contributed by atoms with E-state index in [0.717, 1.165) is 55.2 Å². The van der Waals surface area contributed by atoms with Crippen molar-refractivity contribution in [3.8, 4) is 11.1 Å². The van der Waals surface area contributed by atoms with Gasteiger partial charge in [0.05, 0.1) is 6.20 Å². The summed E-state index contributed by atoms with van der Waals surface area (Å²) in [6.45, 7) is 6.08. The molecule has 0 amide bonds. The lowest BCUT2D eigenvalue weighted by atomic mass is 9.97. The lowest BCUT2D eigenvalue weighted by Gasteiger charge is -2.30. The van der Waals surface area contributed by atoms with Crippen LogP contribution in [0.4, 0.5) is 0 Å². The highest BCUT2D eigenvalue weighted by molar-refractivity contribution is 5.63. The number of nitrogens with zero attached hydrogens (tertiary/aromatic N) is 7. The third-order valence-electron chi connectivity index (χ3n) is 5.65. The predicted molar refractivity (Wildman–Crippen MR) is 111 cm³/mol. The Kier molecular flexibility index (Phi) is 4.81. The van der Waals surface area contributed by atoms with Crippen LogP contribution in [0.15, 0.2) is 55.2 Å². The molecule has 4 aromatic heterocycles. The van der Waals surface area contributed by atoms with Crippen LogP contribution in [0.25, 0.3) is 16.8 Å². The Morgan fingerprint density at radius 2 is 1.97 bits per heavy atom. The number of aromatic nitrogens is 6. The molecule has 1 saturated heterocycles. The molecule has 148 valence electrons. The van der Waals surface area contributed by atoms with Gasteiger partial charge in [0.1, 0.15) is 0 Å². The van der Waals surface area contributed by atoms with Crippen molar-refractivity contribution in [2.24, 2.45) is 0 Å². The smallest absolute Gasteiger partial charge is 0.156 e. The summed E-state index contributed by atoms with van der Waals surface area (Å²) < 4.78 is 3.90. The molecule has 1 aliphatic rings. The fourth-order valence-corrected chi connectivity index (χ4v) is 4.12. The van der Waals surface area contributed by atoms with E-state index in [1.807, 2.05) is 46.0 Å². The normalized spacial score (nSPS) is 17.8. The third kappa shape index (κ3) is 3.78. The molecule has 0 bridgehead atoms. The zero-order chi connectivity index (χ0) is 19.6. The van der Waals surface area contributed by atoms with Crippen LogP contribution < -0.4 is 0 Å². The van der Waals surface area contributed by atoms with Crippen molar-refractivity contribution in [3.05, 3.63) is 66.6 Å². The molecule has 0 aromatic carbocycles. The molecule has 0 saturated carbocycles. The van der Waals surface area contributed by atoms with E-state index in [4.69, 9.17) is 10.1 Å². The van der Waals surface area contributed by atoms with Crippen molar-refractivity contribution in [3.63, 3.8) is 0 Å². The number of piperidine rings is 1. The van der Waals surface area contributed by atoms with Gasteiger partial charge in [0, 0.05) is 61.5 Å². The Morgan fingerprint density at radius 1 is 1.07 bits per heavy atom. The molecule has 0 aliphatic carbocycles. The van der Waals surface area contributed by atoms with Gasteiger partial charge in [0.25, 0.3) is 0 Å². The monoisotopic (exact) mass is 387 g/mol. The fourth-order valence-electron chi connectivity index (χ4n) is 4.12. The highest BCUT2D eigenvalue weighted by Crippen LogP contribution is 2.27. The summed E-state index contributed by atoms with van der Waals surface area (Å²) >= 11 is 0. The first kappa shape index (κ1) is 18.0. The molecule has 0 radical (unpaired) electrons. The first-order valence-electron chi connectivity index (χ1n) is 10.3. The summed E-state index contributed by atoms with van der Waals surface area (Å²) in [5.74, 6) is 1.32. The molecule has 5 rings (SSSR count). The Labute approximate surface area is 170 Å². The molecular formula is C22H25N7. The number of hydrogen-bond acceptors (Lipinski definition) is 5. The maximum atomic E-state index is 4.83. The molecule has 1 fully saturated rings. The predicted octanol–water partition coefficient (Wildman–Crippen LogP) is 3.39. The number of likely N-dealkylation sites (tertiary alicyclic amines) is 1. The van der Waals surface area contributed by atoms with Gasteiger partial charge in [-0.3, -0.25) is 14.6 Å². The van der Waals surface area contributed by atoms with Crippen LogP contribution >= 0.6 is 0 Å². The zero-order valence-electron chi connectivity index (χ0n) is 16.6. The minimum atomic E-state index is 0.370. The summed E-state index contributed by atoms with van der Waals surface area (Å²) in [5, 5.41) is 9.23. The summed E-state index contributed by atoms with van der Waals surface area (Å²) in [6, 6.07) is 8.17. The average Bonchev–Trinajstić information content (AvgIpc) is 3.40. The molecule has 0 unspecified atom stereocenters. The molecule has 0 N–H and O–H groups in total. The maximum Gasteiger partial charge on any atom is 0.156 e. The number of fused-ring (bicyclic) bond motifs is 1. The number of rotatable bonds is 5. The Bertz CT molecular complexity index is 1100. The first-order chi connectivity index (χ1) is 14.3. The summed E-state index contributed by atoms with van der Waals surface area (Å²) in [5.41, 5.74) is 4.43. The average molecular weight is 387 g/mol. The van der Waals surface area contributed by atoms with Gasteiger partial charge in [-0.25, -0.2) is 9.50 Å². The highest BCUT2D eigenvalue weighted by Gasteiger charge is 2.25. The number of pyridine rings is 2. The quantitative estimate of drug-likeness (QED) is 0.525. The molecule has 29 heavy (non-hydrogen) atoms. The zero-order valence-corrected chi connectivity index (χ0v) is 16.6. The van der Waals surface area contributed by atoms with Gasteiger partial charge in [-0.05, 0) is 56.1 Å². The maximum absolute atomic E-state index is 4.83. The van der Waals surface area contributed by atoms with E-state index in [2.05, 4.69) is 40.4 Å². The molecule has 1 aliphatic heterocycles. The lowest BCUT2D eigenvalue weighted by molar-refractivity contribution is 0.196. The fraction of sp³-hybridized carbons (Fsp3) is 0.364. The second-order valence-electron chi connectivity index (χ2n) is 7.70. The van der Waals surface area contributed by atoms with Gasteiger partial charge in [-0.2, -0.15) is 10.2 Å². The van der Waals surface area contributed by atoms with E-state index in [9.17, 15) is 0 Å². The Hall–Kier alpha value is -3.06. The lowest BCUT2D eigenvalue weighted by Crippen LogP contribution is -2.34. The third-order valence-corrected chi connectivity index (χ3v) is 5.65. The van der Waals surface area contributed by atoms with E-state index in [1.165, 1.54) is 12.0 Å². The SMILES string of the molecule is CCn1cc(CN2CCC[C@@H](c3nc4ccc(-c5ccncc5)cn4n3)C2)cn1. The second-order valence-corrected chi connectivity index (χ2v) is 7.70. The van der Waals surface area contributed by atoms with Crippen molar-refractivity contribution in [1.29, 1.82) is 0 Å². The van der Waals surface area contributed by atoms with Crippen molar-refractivity contribution in [2.75, 3.05) is 13.1 Å². The topological polar surface area (TPSA) is 64.1 Å². The van der Waals surface area contributed by atoms with Gasteiger partial charge in [0.2, 0.25) is 0 Å². The Balaban J connectivity index is 1.34. The minimum absolute atomic E-state index is 0.370. The van der Waals surface area contributed by atoms with E-state index in [-0.39, 0.29) is 0 Å². The molecule has 7 heteroatoms. The van der Waals surface area contributed by atoms with Gasteiger partial charge in [0.15, 0.2) is 11.5 Å². The molecule has 7 nitrogen and oxygen atoms in total. The highest BCUT2D eigenvalue weighted by atomic mass is 15.3. The van der Waals surface area contributed by atoms with Gasteiger partial charge < -0.3 is 0 Å². The van der Waals surface area contributed by atoms with Crippen LogP contribution in [0.2, 0.25) is 0 Å².